The lowest BCUT2D eigenvalue weighted by Crippen LogP contribution is -2.55. The van der Waals surface area contributed by atoms with E-state index in [2.05, 4.69) is 9.93 Å². The third-order valence-electron chi connectivity index (χ3n) is 6.60. The highest BCUT2D eigenvalue weighted by Crippen LogP contribution is 2.48. The van der Waals surface area contributed by atoms with Crippen molar-refractivity contribution in [3.63, 3.8) is 0 Å². The topological polar surface area (TPSA) is 161 Å². The van der Waals surface area contributed by atoms with E-state index in [-0.39, 0.29) is 41.7 Å². The molecule has 0 unspecified atom stereocenters. The van der Waals surface area contributed by atoms with Crippen LogP contribution < -0.4 is 9.57 Å². The first kappa shape index (κ1) is 29.9. The molecule has 1 saturated carbocycles. The zero-order valence-corrected chi connectivity index (χ0v) is 23.3. The molecule has 1 aliphatic rings. The molecule has 39 heavy (non-hydrogen) atoms. The number of aryl methyl sites for hydroxylation is 1. The molecule has 3 rings (SSSR count). The number of hydrazone groups is 1. The predicted octanol–water partition coefficient (Wildman–Crippen LogP) is 2.64. The third-order valence-corrected chi connectivity index (χ3v) is 7.82. The first-order valence-corrected chi connectivity index (χ1v) is 13.9. The minimum atomic E-state index is -4.13. The smallest absolute Gasteiger partial charge is 0.315 e. The Balaban J connectivity index is 2.19. The molecule has 11 nitrogen and oxygen atoms in total. The number of aliphatic hydroxyl groups is 1. The summed E-state index contributed by atoms with van der Waals surface area (Å²) < 4.78 is 41.6. The zero-order chi connectivity index (χ0) is 29.0. The molecular formula is C27H34N2O9S. The fourth-order valence-corrected chi connectivity index (χ4v) is 5.65. The van der Waals surface area contributed by atoms with Crippen LogP contribution in [0.25, 0.3) is 0 Å². The molecule has 0 saturated heterocycles. The monoisotopic (exact) mass is 562 g/mol. The number of aromatic hydroxyl groups is 1. The van der Waals surface area contributed by atoms with Crippen molar-refractivity contribution in [2.45, 2.75) is 50.5 Å². The molecule has 1 fully saturated rings. The van der Waals surface area contributed by atoms with E-state index >= 15 is 0 Å². The van der Waals surface area contributed by atoms with Gasteiger partial charge in [0.15, 0.2) is 11.5 Å². The number of ether oxygens (including phenoxy) is 3. The van der Waals surface area contributed by atoms with E-state index in [1.165, 1.54) is 44.4 Å². The van der Waals surface area contributed by atoms with Crippen molar-refractivity contribution in [2.24, 2.45) is 16.9 Å². The van der Waals surface area contributed by atoms with Crippen LogP contribution in [0.15, 0.2) is 52.5 Å². The maximum absolute atomic E-state index is 13.4. The largest absolute Gasteiger partial charge is 0.504 e. The molecule has 0 aliphatic heterocycles. The van der Waals surface area contributed by atoms with Gasteiger partial charge in [0.25, 0.3) is 10.0 Å². The van der Waals surface area contributed by atoms with Gasteiger partial charge in [-0.2, -0.15) is 13.5 Å². The van der Waals surface area contributed by atoms with Crippen molar-refractivity contribution >= 4 is 27.7 Å². The van der Waals surface area contributed by atoms with Crippen LogP contribution in [0.2, 0.25) is 0 Å². The quantitative estimate of drug-likeness (QED) is 0.308. The number of nitrogens with zero attached hydrogens (tertiary/aromatic N) is 1. The Bertz CT molecular complexity index is 1340. The van der Waals surface area contributed by atoms with Gasteiger partial charge in [-0.1, -0.05) is 23.8 Å². The van der Waals surface area contributed by atoms with Gasteiger partial charge in [-0.3, -0.25) is 9.59 Å². The summed E-state index contributed by atoms with van der Waals surface area (Å²) in [6.07, 6.45) is -0.338. The Morgan fingerprint density at radius 1 is 1.08 bits per heavy atom. The standard InChI is InChI=1S/C27H34N2O9S/c1-6-37-25(31)23-19(28-29-39(34,35)18-11-8-16(3)9-12-18)15-27(4,33)24(26(32)38-7-2)22(23)17-10-13-21(36-5)20(30)14-17/h8-14,22-24,29-30,33H,6-7,15H2,1-5H3/b28-19-/t22-,23+,24-,27+/m1/s1. The van der Waals surface area contributed by atoms with Crippen LogP contribution in [-0.2, 0) is 29.1 Å². The molecule has 0 spiro atoms. The number of benzene rings is 2. The van der Waals surface area contributed by atoms with Crippen molar-refractivity contribution in [2.75, 3.05) is 20.3 Å². The van der Waals surface area contributed by atoms with Crippen LogP contribution in [0, 0.1) is 18.8 Å². The number of phenolic OH excluding ortho intramolecular Hbond substituents is 1. The number of hydrogen-bond acceptors (Lipinski definition) is 10. The number of nitrogens with one attached hydrogen (secondary N) is 1. The lowest BCUT2D eigenvalue weighted by atomic mass is 9.61. The highest BCUT2D eigenvalue weighted by atomic mass is 32.2. The van der Waals surface area contributed by atoms with E-state index in [0.717, 1.165) is 5.56 Å². The normalized spacial score (nSPS) is 24.2. The average Bonchev–Trinajstić information content (AvgIpc) is 2.87. The summed E-state index contributed by atoms with van der Waals surface area (Å²) in [5, 5.41) is 26.1. The number of rotatable bonds is 9. The number of carbonyl (C=O) groups excluding carboxylic acids is 2. The second kappa shape index (κ2) is 12.0. The number of methoxy groups -OCH3 is 1. The van der Waals surface area contributed by atoms with Crippen molar-refractivity contribution in [3.8, 4) is 11.5 Å². The Morgan fingerprint density at radius 3 is 2.26 bits per heavy atom. The summed E-state index contributed by atoms with van der Waals surface area (Å²) in [5.74, 6) is -5.37. The van der Waals surface area contributed by atoms with E-state index in [0.29, 0.717) is 5.56 Å². The first-order valence-electron chi connectivity index (χ1n) is 12.4. The van der Waals surface area contributed by atoms with Gasteiger partial charge in [0, 0.05) is 12.3 Å². The maximum Gasteiger partial charge on any atom is 0.315 e. The van der Waals surface area contributed by atoms with E-state index < -0.39 is 45.3 Å². The zero-order valence-electron chi connectivity index (χ0n) is 22.5. The molecule has 0 amide bonds. The second-order valence-electron chi connectivity index (χ2n) is 9.46. The summed E-state index contributed by atoms with van der Waals surface area (Å²) in [6, 6.07) is 10.4. The molecule has 0 radical (unpaired) electrons. The fourth-order valence-electron chi connectivity index (χ4n) is 4.82. The highest BCUT2D eigenvalue weighted by molar-refractivity contribution is 7.89. The minimum Gasteiger partial charge on any atom is -0.504 e. The molecule has 1 aliphatic carbocycles. The number of phenols is 1. The van der Waals surface area contributed by atoms with Crippen LogP contribution in [0.3, 0.4) is 0 Å². The lowest BCUT2D eigenvalue weighted by Gasteiger charge is -2.45. The van der Waals surface area contributed by atoms with E-state index in [1.54, 1.807) is 26.0 Å². The second-order valence-corrected chi connectivity index (χ2v) is 11.1. The van der Waals surface area contributed by atoms with E-state index in [9.17, 15) is 28.2 Å². The van der Waals surface area contributed by atoms with Gasteiger partial charge >= 0.3 is 11.9 Å². The van der Waals surface area contributed by atoms with Crippen molar-refractivity contribution in [3.05, 3.63) is 53.6 Å². The summed E-state index contributed by atoms with van der Waals surface area (Å²) in [4.78, 5) is 28.7. The summed E-state index contributed by atoms with van der Waals surface area (Å²) in [5.41, 5.74) is -0.709. The van der Waals surface area contributed by atoms with Gasteiger partial charge in [0.1, 0.15) is 5.92 Å². The molecule has 0 aromatic heterocycles. The van der Waals surface area contributed by atoms with Gasteiger partial charge in [-0.25, -0.2) is 4.83 Å². The van der Waals surface area contributed by atoms with Crippen LogP contribution in [-0.4, -0.2) is 62.2 Å². The third kappa shape index (κ3) is 6.51. The molecule has 4 atom stereocenters. The van der Waals surface area contributed by atoms with Crippen LogP contribution in [0.4, 0.5) is 0 Å². The van der Waals surface area contributed by atoms with Gasteiger partial charge < -0.3 is 24.4 Å². The van der Waals surface area contributed by atoms with Crippen molar-refractivity contribution in [1.29, 1.82) is 0 Å². The number of sulfonamides is 1. The first-order chi connectivity index (χ1) is 18.4. The predicted molar refractivity (Wildman–Crippen MR) is 142 cm³/mol. The van der Waals surface area contributed by atoms with Gasteiger partial charge in [0.2, 0.25) is 0 Å². The number of hydrogen-bond donors (Lipinski definition) is 3. The van der Waals surface area contributed by atoms with Gasteiger partial charge in [-0.15, -0.1) is 0 Å². The molecule has 3 N–H and O–H groups in total. The van der Waals surface area contributed by atoms with Crippen molar-refractivity contribution in [1.82, 2.24) is 4.83 Å². The summed E-state index contributed by atoms with van der Waals surface area (Å²) in [6.45, 7) is 6.43. The van der Waals surface area contributed by atoms with Gasteiger partial charge in [-0.05, 0) is 57.5 Å². The average molecular weight is 563 g/mol. The molecule has 0 bridgehead atoms. The van der Waals surface area contributed by atoms with Crippen molar-refractivity contribution < 1.29 is 42.4 Å². The van der Waals surface area contributed by atoms with E-state index in [1.807, 2.05) is 6.92 Å². The molecule has 212 valence electrons. The Kier molecular flexibility index (Phi) is 9.23. The van der Waals surface area contributed by atoms with Crippen LogP contribution in [0.5, 0.6) is 11.5 Å². The lowest BCUT2D eigenvalue weighted by molar-refractivity contribution is -0.163. The minimum absolute atomic E-state index is 0.00123. The Labute approximate surface area is 227 Å². The summed E-state index contributed by atoms with van der Waals surface area (Å²) in [7, 11) is -2.76. The summed E-state index contributed by atoms with van der Waals surface area (Å²) >= 11 is 0. The van der Waals surface area contributed by atoms with E-state index in [4.69, 9.17) is 14.2 Å². The molecule has 2 aromatic rings. The van der Waals surface area contributed by atoms with Crippen LogP contribution in [0.1, 0.15) is 44.2 Å². The maximum atomic E-state index is 13.4. The Hall–Kier alpha value is -3.64. The number of esters is 2. The molecule has 12 heteroatoms. The Morgan fingerprint density at radius 2 is 1.69 bits per heavy atom. The number of carbonyl (C=O) groups is 2. The SMILES string of the molecule is CCOC(=O)[C@H]1/C(=N\NS(=O)(=O)c2ccc(C)cc2)C[C@](C)(O)[C@@H](C(=O)OCC)[C@@H]1c1ccc(OC)c(O)c1. The van der Waals surface area contributed by atoms with Crippen LogP contribution >= 0.6 is 0 Å². The van der Waals surface area contributed by atoms with Gasteiger partial charge in [0.05, 0.1) is 42.4 Å². The molecule has 0 heterocycles. The fraction of sp³-hybridized carbons (Fsp3) is 0.444. The molecule has 2 aromatic carbocycles. The highest BCUT2D eigenvalue weighted by Gasteiger charge is 2.56. The molecular weight excluding hydrogens is 528 g/mol.